The van der Waals surface area contributed by atoms with Crippen molar-refractivity contribution in [3.8, 4) is 0 Å². The highest BCUT2D eigenvalue weighted by Crippen LogP contribution is 2.22. The van der Waals surface area contributed by atoms with Gasteiger partial charge in [0.15, 0.2) is 0 Å². The van der Waals surface area contributed by atoms with E-state index >= 15 is 0 Å². The molecule has 3 heterocycles. The number of fused-ring (bicyclic) bond motifs is 1. The topological polar surface area (TPSA) is 49.0 Å². The van der Waals surface area contributed by atoms with Crippen molar-refractivity contribution in [1.82, 2.24) is 9.97 Å². The van der Waals surface area contributed by atoms with E-state index in [4.69, 9.17) is 0 Å². The van der Waals surface area contributed by atoms with Crippen LogP contribution < -0.4 is 4.90 Å². The maximum atomic E-state index is 12.4. The van der Waals surface area contributed by atoms with Crippen LogP contribution in [0.3, 0.4) is 0 Å². The van der Waals surface area contributed by atoms with Crippen molar-refractivity contribution in [2.24, 2.45) is 0 Å². The fourth-order valence-corrected chi connectivity index (χ4v) is 2.23. The molecule has 86 valence electrons. The molecule has 3 rings (SSSR count). The van der Waals surface area contributed by atoms with Gasteiger partial charge in [0.25, 0.3) is 5.91 Å². The number of hydrogen-bond acceptors (Lipinski definition) is 2. The number of nitrogens with zero attached hydrogens (tertiary/aromatic N) is 2. The first kappa shape index (κ1) is 10.1. The molecular formula is C13H13N3O. The first-order valence-electron chi connectivity index (χ1n) is 5.74. The molecule has 2 aromatic heterocycles. The minimum atomic E-state index is 0.0375. The van der Waals surface area contributed by atoms with Crippen LogP contribution in [0.15, 0.2) is 36.8 Å². The van der Waals surface area contributed by atoms with Crippen LogP contribution in [0, 0.1) is 0 Å². The Kier molecular flexibility index (Phi) is 2.40. The molecule has 0 saturated heterocycles. The van der Waals surface area contributed by atoms with Gasteiger partial charge >= 0.3 is 0 Å². The van der Waals surface area contributed by atoms with Gasteiger partial charge < -0.3 is 9.88 Å². The zero-order valence-corrected chi connectivity index (χ0v) is 9.39. The van der Waals surface area contributed by atoms with Gasteiger partial charge in [0.2, 0.25) is 0 Å². The lowest BCUT2D eigenvalue weighted by atomic mass is 10.1. The molecule has 1 N–H and O–H groups in total. The number of rotatable bonds is 1. The number of aromatic amines is 1. The molecule has 1 aliphatic rings. The van der Waals surface area contributed by atoms with Crippen molar-refractivity contribution in [2.45, 2.75) is 12.8 Å². The zero-order valence-electron chi connectivity index (χ0n) is 9.39. The third-order valence-electron chi connectivity index (χ3n) is 3.08. The largest absolute Gasteiger partial charge is 0.357 e. The van der Waals surface area contributed by atoms with E-state index in [0.717, 1.165) is 30.6 Å². The van der Waals surface area contributed by atoms with E-state index in [1.807, 2.05) is 24.4 Å². The summed E-state index contributed by atoms with van der Waals surface area (Å²) in [4.78, 5) is 21.3. The Labute approximate surface area is 99.3 Å². The molecule has 0 aromatic carbocycles. The highest BCUT2D eigenvalue weighted by Gasteiger charge is 2.24. The lowest BCUT2D eigenvalue weighted by Gasteiger charge is -2.19. The van der Waals surface area contributed by atoms with Crippen molar-refractivity contribution >= 4 is 11.6 Å². The van der Waals surface area contributed by atoms with Gasteiger partial charge in [0, 0.05) is 18.9 Å². The fourth-order valence-electron chi connectivity index (χ4n) is 2.23. The summed E-state index contributed by atoms with van der Waals surface area (Å²) in [6, 6.07) is 5.75. The summed E-state index contributed by atoms with van der Waals surface area (Å²) in [5, 5.41) is 0. The number of aromatic nitrogens is 2. The maximum absolute atomic E-state index is 12.4. The van der Waals surface area contributed by atoms with Crippen molar-refractivity contribution in [1.29, 1.82) is 0 Å². The summed E-state index contributed by atoms with van der Waals surface area (Å²) in [6.45, 7) is 0.743. The molecule has 0 spiro atoms. The van der Waals surface area contributed by atoms with E-state index in [1.165, 1.54) is 0 Å². The number of H-pyrrole nitrogens is 1. The van der Waals surface area contributed by atoms with Crippen LogP contribution in [-0.4, -0.2) is 22.4 Å². The number of hydrogen-bond donors (Lipinski definition) is 1. The number of pyridine rings is 1. The molecule has 0 fully saturated rings. The second-order valence-corrected chi connectivity index (χ2v) is 4.15. The molecule has 2 aromatic rings. The third kappa shape index (κ3) is 1.71. The Balaban J connectivity index is 2.00. The molecule has 1 amide bonds. The summed E-state index contributed by atoms with van der Waals surface area (Å²) in [6.07, 6.45) is 7.19. The van der Waals surface area contributed by atoms with E-state index < -0.39 is 0 Å². The van der Waals surface area contributed by atoms with E-state index in [2.05, 4.69) is 9.97 Å². The predicted octanol–water partition coefficient (Wildman–Crippen LogP) is 2.00. The molecule has 0 saturated carbocycles. The number of carbonyl (C=O) groups excluding carboxylic acids is 1. The van der Waals surface area contributed by atoms with Crippen molar-refractivity contribution in [2.75, 3.05) is 11.4 Å². The van der Waals surface area contributed by atoms with Crippen LogP contribution in [-0.2, 0) is 6.42 Å². The first-order valence-corrected chi connectivity index (χ1v) is 5.74. The van der Waals surface area contributed by atoms with Crippen LogP contribution >= 0.6 is 0 Å². The Morgan fingerprint density at radius 3 is 3.12 bits per heavy atom. The third-order valence-corrected chi connectivity index (χ3v) is 3.08. The number of nitrogens with one attached hydrogen (secondary N) is 1. The summed E-state index contributed by atoms with van der Waals surface area (Å²) in [5.41, 5.74) is 2.69. The normalized spacial score (nSPS) is 15.5. The van der Waals surface area contributed by atoms with Crippen LogP contribution in [0.4, 0.5) is 5.69 Å². The lowest BCUT2D eigenvalue weighted by molar-refractivity contribution is 0.0984. The van der Waals surface area contributed by atoms with Gasteiger partial charge in [-0.2, -0.15) is 0 Å². The highest BCUT2D eigenvalue weighted by molar-refractivity contribution is 6.06. The van der Waals surface area contributed by atoms with Crippen LogP contribution in [0.25, 0.3) is 0 Å². The average molecular weight is 227 g/mol. The summed E-state index contributed by atoms with van der Waals surface area (Å²) >= 11 is 0. The molecule has 0 radical (unpaired) electrons. The monoisotopic (exact) mass is 227 g/mol. The number of amides is 1. The van der Waals surface area contributed by atoms with E-state index in [1.54, 1.807) is 17.3 Å². The van der Waals surface area contributed by atoms with Crippen molar-refractivity contribution < 1.29 is 4.79 Å². The molecule has 4 heteroatoms. The second-order valence-electron chi connectivity index (χ2n) is 4.15. The quantitative estimate of drug-likeness (QED) is 0.810. The van der Waals surface area contributed by atoms with E-state index in [0.29, 0.717) is 5.69 Å². The van der Waals surface area contributed by atoms with Crippen LogP contribution in [0.1, 0.15) is 22.5 Å². The highest BCUT2D eigenvalue weighted by atomic mass is 16.2. The SMILES string of the molecule is O=C1c2[nH]ccc2CCCN1c1cccnc1. The van der Waals surface area contributed by atoms with Gasteiger partial charge in [-0.1, -0.05) is 0 Å². The van der Waals surface area contributed by atoms with Gasteiger partial charge in [-0.05, 0) is 36.6 Å². The summed E-state index contributed by atoms with van der Waals surface area (Å²) < 4.78 is 0. The van der Waals surface area contributed by atoms with E-state index in [9.17, 15) is 4.79 Å². The van der Waals surface area contributed by atoms with Crippen molar-refractivity contribution in [3.05, 3.63) is 48.0 Å². The molecular weight excluding hydrogens is 214 g/mol. The van der Waals surface area contributed by atoms with Gasteiger partial charge in [-0.25, -0.2) is 0 Å². The molecule has 4 nitrogen and oxygen atoms in total. The van der Waals surface area contributed by atoms with Gasteiger partial charge in [0.05, 0.1) is 11.9 Å². The lowest BCUT2D eigenvalue weighted by Crippen LogP contribution is -2.31. The predicted molar refractivity (Wildman–Crippen MR) is 65.0 cm³/mol. The van der Waals surface area contributed by atoms with Crippen LogP contribution in [0.5, 0.6) is 0 Å². The maximum Gasteiger partial charge on any atom is 0.275 e. The Hall–Kier alpha value is -2.10. The Morgan fingerprint density at radius 2 is 2.29 bits per heavy atom. The second kappa shape index (κ2) is 4.05. The van der Waals surface area contributed by atoms with Gasteiger partial charge in [-0.3, -0.25) is 9.78 Å². The van der Waals surface area contributed by atoms with E-state index in [-0.39, 0.29) is 5.91 Å². The fraction of sp³-hybridized carbons (Fsp3) is 0.231. The molecule has 0 unspecified atom stereocenters. The summed E-state index contributed by atoms with van der Waals surface area (Å²) in [5.74, 6) is 0.0375. The minimum Gasteiger partial charge on any atom is -0.357 e. The smallest absolute Gasteiger partial charge is 0.275 e. The first-order chi connectivity index (χ1) is 8.36. The Bertz CT molecular complexity index is 533. The minimum absolute atomic E-state index is 0.0375. The molecule has 0 bridgehead atoms. The number of anilines is 1. The Morgan fingerprint density at radius 1 is 1.35 bits per heavy atom. The summed E-state index contributed by atoms with van der Waals surface area (Å²) in [7, 11) is 0. The average Bonchev–Trinajstić information content (AvgIpc) is 2.78. The van der Waals surface area contributed by atoms with Gasteiger partial charge in [0.1, 0.15) is 5.69 Å². The standard InChI is InChI=1S/C13H13N3O/c17-13-12-10(5-7-15-12)3-2-8-16(13)11-4-1-6-14-9-11/h1,4-7,9,15H,2-3,8H2. The number of aryl methyl sites for hydroxylation is 1. The van der Waals surface area contributed by atoms with Crippen molar-refractivity contribution in [3.63, 3.8) is 0 Å². The number of carbonyl (C=O) groups is 1. The zero-order chi connectivity index (χ0) is 11.7. The molecule has 0 aliphatic carbocycles. The molecule has 0 atom stereocenters. The molecule has 17 heavy (non-hydrogen) atoms. The molecule has 1 aliphatic heterocycles. The van der Waals surface area contributed by atoms with Gasteiger partial charge in [-0.15, -0.1) is 0 Å². The van der Waals surface area contributed by atoms with Crippen LogP contribution in [0.2, 0.25) is 0 Å².